The molecule has 0 radical (unpaired) electrons. The van der Waals surface area contributed by atoms with Gasteiger partial charge < -0.3 is 10.3 Å². The first-order valence-electron chi connectivity index (χ1n) is 5.96. The van der Waals surface area contributed by atoms with Gasteiger partial charge in [0, 0.05) is 30.7 Å². The molecule has 19 heavy (non-hydrogen) atoms. The van der Waals surface area contributed by atoms with Gasteiger partial charge in [0.2, 0.25) is 0 Å². The smallest absolute Gasteiger partial charge is 0.144 e. The van der Waals surface area contributed by atoms with Crippen LogP contribution in [0.3, 0.4) is 0 Å². The van der Waals surface area contributed by atoms with Crippen molar-refractivity contribution in [3.8, 4) is 11.3 Å². The Labute approximate surface area is 109 Å². The average molecular weight is 256 g/mol. The highest BCUT2D eigenvalue weighted by molar-refractivity contribution is 5.93. The molecule has 2 N–H and O–H groups in total. The quantitative estimate of drug-likeness (QED) is 0.765. The highest BCUT2D eigenvalue weighted by atomic mass is 19.1. The van der Waals surface area contributed by atoms with Gasteiger partial charge in [-0.3, -0.25) is 0 Å². The topological polar surface area (TPSA) is 56.7 Å². The fourth-order valence-corrected chi connectivity index (χ4v) is 2.31. The second-order valence-electron chi connectivity index (χ2n) is 4.37. The van der Waals surface area contributed by atoms with Gasteiger partial charge in [0.25, 0.3) is 0 Å². The molecule has 0 saturated carbocycles. The molecule has 0 bridgehead atoms. The summed E-state index contributed by atoms with van der Waals surface area (Å²) in [4.78, 5) is 8.48. The van der Waals surface area contributed by atoms with E-state index in [1.165, 1.54) is 12.4 Å². The number of aryl methyl sites for hydroxylation is 1. The summed E-state index contributed by atoms with van der Waals surface area (Å²) in [7, 11) is 1.89. The summed E-state index contributed by atoms with van der Waals surface area (Å²) in [5.74, 6) is -0.297. The number of halogens is 1. The van der Waals surface area contributed by atoms with Gasteiger partial charge in [0.1, 0.15) is 17.8 Å². The highest BCUT2D eigenvalue weighted by Crippen LogP contribution is 2.30. The third-order valence-corrected chi connectivity index (χ3v) is 3.18. The van der Waals surface area contributed by atoms with E-state index in [0.29, 0.717) is 17.8 Å². The molecule has 0 aliphatic rings. The molecule has 0 unspecified atom stereocenters. The zero-order chi connectivity index (χ0) is 13.4. The van der Waals surface area contributed by atoms with E-state index in [-0.39, 0.29) is 5.82 Å². The van der Waals surface area contributed by atoms with Crippen LogP contribution in [0.2, 0.25) is 0 Å². The van der Waals surface area contributed by atoms with Gasteiger partial charge in [-0.1, -0.05) is 12.1 Å². The van der Waals surface area contributed by atoms with Crippen molar-refractivity contribution in [2.45, 2.75) is 6.54 Å². The maximum atomic E-state index is 13.9. The maximum Gasteiger partial charge on any atom is 0.144 e. The number of nitrogens with two attached hydrogens (primary N) is 1. The van der Waals surface area contributed by atoms with Crippen LogP contribution in [-0.4, -0.2) is 14.5 Å². The highest BCUT2D eigenvalue weighted by Gasteiger charge is 2.15. The van der Waals surface area contributed by atoms with Crippen molar-refractivity contribution in [2.75, 3.05) is 0 Å². The summed E-state index contributed by atoms with van der Waals surface area (Å²) in [5, 5.41) is 0.817. The van der Waals surface area contributed by atoms with E-state index >= 15 is 0 Å². The van der Waals surface area contributed by atoms with E-state index < -0.39 is 0 Å². The van der Waals surface area contributed by atoms with Crippen LogP contribution >= 0.6 is 0 Å². The van der Waals surface area contributed by atoms with E-state index in [2.05, 4.69) is 9.97 Å². The molecule has 96 valence electrons. The Kier molecular flexibility index (Phi) is 2.76. The molecule has 0 saturated heterocycles. The summed E-state index contributed by atoms with van der Waals surface area (Å²) < 4.78 is 15.8. The molecule has 5 heteroatoms. The molecule has 2 aromatic heterocycles. The lowest BCUT2D eigenvalue weighted by Crippen LogP contribution is -1.97. The molecule has 3 rings (SSSR count). The van der Waals surface area contributed by atoms with Crippen LogP contribution in [0, 0.1) is 5.82 Å². The van der Waals surface area contributed by atoms with Crippen LogP contribution < -0.4 is 5.73 Å². The van der Waals surface area contributed by atoms with Gasteiger partial charge in [-0.2, -0.15) is 0 Å². The molecular weight excluding hydrogens is 243 g/mol. The normalized spacial score (nSPS) is 11.1. The Morgan fingerprint density at radius 2 is 2.05 bits per heavy atom. The van der Waals surface area contributed by atoms with Crippen LogP contribution in [0.15, 0.2) is 36.8 Å². The van der Waals surface area contributed by atoms with Crippen molar-refractivity contribution in [2.24, 2.45) is 12.8 Å². The Balaban J connectivity index is 2.39. The molecule has 0 aliphatic heterocycles. The molecule has 2 heterocycles. The molecular formula is C14H13FN4. The van der Waals surface area contributed by atoms with Crippen LogP contribution in [0.25, 0.3) is 22.3 Å². The van der Waals surface area contributed by atoms with Crippen LogP contribution in [-0.2, 0) is 13.6 Å². The van der Waals surface area contributed by atoms with Gasteiger partial charge >= 0.3 is 0 Å². The molecule has 0 atom stereocenters. The minimum atomic E-state index is -0.297. The average Bonchev–Trinajstić information content (AvgIpc) is 2.76. The number of nitrogens with zero attached hydrogens (tertiary/aromatic N) is 3. The van der Waals surface area contributed by atoms with Gasteiger partial charge in [0.15, 0.2) is 0 Å². The maximum absolute atomic E-state index is 13.9. The van der Waals surface area contributed by atoms with Gasteiger partial charge in [0.05, 0.1) is 5.69 Å². The second-order valence-corrected chi connectivity index (χ2v) is 4.37. The molecule has 3 aromatic rings. The predicted molar refractivity (Wildman–Crippen MR) is 71.8 cm³/mol. The number of hydrogen-bond donors (Lipinski definition) is 1. The van der Waals surface area contributed by atoms with Crippen LogP contribution in [0.4, 0.5) is 4.39 Å². The monoisotopic (exact) mass is 256 g/mol. The third kappa shape index (κ3) is 1.79. The van der Waals surface area contributed by atoms with Crippen molar-refractivity contribution in [1.82, 2.24) is 14.5 Å². The lowest BCUT2D eigenvalue weighted by molar-refractivity contribution is 0.631. The van der Waals surface area contributed by atoms with E-state index in [4.69, 9.17) is 5.73 Å². The van der Waals surface area contributed by atoms with Gasteiger partial charge in [-0.15, -0.1) is 0 Å². The van der Waals surface area contributed by atoms with Gasteiger partial charge in [-0.05, 0) is 17.7 Å². The summed E-state index contributed by atoms with van der Waals surface area (Å²) in [6.07, 6.45) is 3.36. The first kappa shape index (κ1) is 11.8. The molecule has 0 amide bonds. The zero-order valence-electron chi connectivity index (χ0n) is 10.5. The van der Waals surface area contributed by atoms with Crippen molar-refractivity contribution >= 4 is 11.0 Å². The van der Waals surface area contributed by atoms with E-state index in [9.17, 15) is 4.39 Å². The molecule has 0 aliphatic carbocycles. The predicted octanol–water partition coefficient (Wildman–Crippen LogP) is 2.23. The Bertz CT molecular complexity index is 748. The summed E-state index contributed by atoms with van der Waals surface area (Å²) >= 11 is 0. The summed E-state index contributed by atoms with van der Waals surface area (Å²) in [6.45, 7) is 0.367. The fraction of sp³-hybridized carbons (Fsp3) is 0.143. The second kappa shape index (κ2) is 4.44. The molecule has 0 fully saturated rings. The minimum absolute atomic E-state index is 0.297. The largest absolute Gasteiger partial charge is 0.335 e. The molecule has 1 aromatic carbocycles. The number of benzene rings is 1. The zero-order valence-corrected chi connectivity index (χ0v) is 10.5. The Morgan fingerprint density at radius 1 is 1.26 bits per heavy atom. The third-order valence-electron chi connectivity index (χ3n) is 3.18. The van der Waals surface area contributed by atoms with Crippen molar-refractivity contribution in [3.05, 3.63) is 48.2 Å². The first-order valence-corrected chi connectivity index (χ1v) is 5.96. The molecule has 4 nitrogen and oxygen atoms in total. The fourth-order valence-electron chi connectivity index (χ4n) is 2.31. The lowest BCUT2D eigenvalue weighted by atomic mass is 10.1. The van der Waals surface area contributed by atoms with Crippen molar-refractivity contribution < 1.29 is 4.39 Å². The van der Waals surface area contributed by atoms with Crippen molar-refractivity contribution in [3.63, 3.8) is 0 Å². The van der Waals surface area contributed by atoms with Gasteiger partial charge in [-0.25, -0.2) is 14.4 Å². The number of aromatic nitrogens is 3. The number of hydrogen-bond acceptors (Lipinski definition) is 3. The summed E-state index contributed by atoms with van der Waals surface area (Å²) in [6, 6.07) is 6.59. The Morgan fingerprint density at radius 3 is 2.79 bits per heavy atom. The van der Waals surface area contributed by atoms with Crippen LogP contribution in [0.1, 0.15) is 5.56 Å². The SMILES string of the molecule is Cn1cc(CN)c2c(-c3ccccc3F)ncnc21. The standard InChI is InChI=1S/C14H13FN4/c1-19-7-9(6-16)12-13(17-8-18-14(12)19)10-4-2-3-5-11(10)15/h2-5,7-8H,6,16H2,1H3. The Hall–Kier alpha value is -2.27. The lowest BCUT2D eigenvalue weighted by Gasteiger charge is -2.05. The first-order chi connectivity index (χ1) is 9.22. The number of rotatable bonds is 2. The number of fused-ring (bicyclic) bond motifs is 1. The van der Waals surface area contributed by atoms with E-state index in [1.807, 2.05) is 17.8 Å². The minimum Gasteiger partial charge on any atom is -0.335 e. The molecule has 0 spiro atoms. The summed E-state index contributed by atoms with van der Waals surface area (Å²) in [5.41, 5.74) is 8.48. The van der Waals surface area contributed by atoms with E-state index in [1.54, 1.807) is 18.2 Å². The van der Waals surface area contributed by atoms with E-state index in [0.717, 1.165) is 16.6 Å². The van der Waals surface area contributed by atoms with Crippen LogP contribution in [0.5, 0.6) is 0 Å². The van der Waals surface area contributed by atoms with Crippen molar-refractivity contribution in [1.29, 1.82) is 0 Å².